The fourth-order valence-corrected chi connectivity index (χ4v) is 3.69. The Kier molecular flexibility index (Phi) is 15.1. The molecule has 0 aromatic heterocycles. The molecule has 1 rings (SSSR count). The molecule has 15 heteroatoms. The molecule has 1 aromatic rings. The minimum atomic E-state index is -1.58. The van der Waals surface area contributed by atoms with Gasteiger partial charge in [-0.05, 0) is 25.8 Å². The van der Waals surface area contributed by atoms with Crippen molar-refractivity contribution in [1.82, 2.24) is 26.6 Å². The van der Waals surface area contributed by atoms with E-state index < -0.39 is 90.3 Å². The van der Waals surface area contributed by atoms with Crippen molar-refractivity contribution in [2.75, 3.05) is 6.54 Å². The lowest BCUT2D eigenvalue weighted by atomic mass is 9.94. The molecule has 0 spiro atoms. The molecule has 0 heterocycles. The lowest BCUT2D eigenvalue weighted by molar-refractivity contribution is -0.139. The number of aliphatic hydroxyl groups excluding tert-OH is 2. The van der Waals surface area contributed by atoms with Crippen molar-refractivity contribution in [2.24, 2.45) is 5.41 Å². The first-order valence-corrected chi connectivity index (χ1v) is 14.0. The second-order valence-electron chi connectivity index (χ2n) is 11.4. The molecule has 0 radical (unpaired) electrons. The largest absolute Gasteiger partial charge is 0.481 e. The van der Waals surface area contributed by atoms with Crippen LogP contribution in [0.4, 0.5) is 0 Å². The molecule has 0 aliphatic carbocycles. The quantitative estimate of drug-likeness (QED) is 0.0904. The number of rotatable bonds is 17. The second-order valence-corrected chi connectivity index (χ2v) is 11.4. The van der Waals surface area contributed by atoms with Gasteiger partial charge in [0.05, 0.1) is 18.8 Å². The number of aliphatic carboxylic acids is 1. The van der Waals surface area contributed by atoms with E-state index in [1.165, 1.54) is 13.8 Å². The number of aldehydes is 1. The van der Waals surface area contributed by atoms with E-state index in [4.69, 9.17) is 5.11 Å². The van der Waals surface area contributed by atoms with Crippen LogP contribution < -0.4 is 26.6 Å². The smallest absolute Gasteiger partial charge is 0.303 e. The molecule has 8 N–H and O–H groups in total. The van der Waals surface area contributed by atoms with E-state index in [2.05, 4.69) is 26.6 Å². The van der Waals surface area contributed by atoms with Gasteiger partial charge in [0.25, 0.3) is 0 Å². The fraction of sp³-hybridized carbons (Fsp3) is 0.552. The molecule has 0 aliphatic heterocycles. The Bertz CT molecular complexity index is 1170. The van der Waals surface area contributed by atoms with Crippen LogP contribution in [0.1, 0.15) is 53.0 Å². The van der Waals surface area contributed by atoms with Crippen LogP contribution in [-0.2, 0) is 40.0 Å². The van der Waals surface area contributed by atoms with Gasteiger partial charge in [0, 0.05) is 18.3 Å². The molecule has 0 bridgehead atoms. The van der Waals surface area contributed by atoms with E-state index in [-0.39, 0.29) is 12.8 Å². The van der Waals surface area contributed by atoms with Gasteiger partial charge in [0.2, 0.25) is 29.5 Å². The highest BCUT2D eigenvalue weighted by molar-refractivity contribution is 5.95. The summed E-state index contributed by atoms with van der Waals surface area (Å²) in [5.74, 6) is -5.19. The number of aliphatic hydroxyl groups is 2. The molecule has 44 heavy (non-hydrogen) atoms. The van der Waals surface area contributed by atoms with Gasteiger partial charge in [-0.3, -0.25) is 28.8 Å². The number of hydrogen-bond donors (Lipinski definition) is 8. The van der Waals surface area contributed by atoms with E-state index in [0.717, 1.165) is 0 Å². The maximum Gasteiger partial charge on any atom is 0.303 e. The summed E-state index contributed by atoms with van der Waals surface area (Å²) in [5.41, 5.74) is -0.236. The standard InChI is InChI=1S/C29H43N5O10/c1-16(36)21(15-35)32-26(42)20(13-18-9-7-6-8-10-18)31-27(43)24(17(2)37)34-22(38)14-30-25(41)19(11-12-23(39)40)33-28(44)29(3,4)5/h6-10,15-17,19-21,24,36-37H,11-14H2,1-5H3,(H,30,41)(H,31,43)(H,32,42)(H,33,44)(H,34,38)(H,39,40)/t16-,17-,19?,20+,21-,24+/m1/s1. The number of amides is 5. The monoisotopic (exact) mass is 621 g/mol. The van der Waals surface area contributed by atoms with E-state index >= 15 is 0 Å². The average molecular weight is 622 g/mol. The van der Waals surface area contributed by atoms with E-state index in [1.54, 1.807) is 51.1 Å². The van der Waals surface area contributed by atoms with Crippen molar-refractivity contribution in [3.63, 3.8) is 0 Å². The summed E-state index contributed by atoms with van der Waals surface area (Å²) < 4.78 is 0. The highest BCUT2D eigenvalue weighted by atomic mass is 16.4. The number of carbonyl (C=O) groups is 7. The van der Waals surface area contributed by atoms with Gasteiger partial charge < -0.3 is 46.7 Å². The fourth-order valence-electron chi connectivity index (χ4n) is 3.69. The normalized spacial score (nSPS) is 15.2. The summed E-state index contributed by atoms with van der Waals surface area (Å²) in [7, 11) is 0. The molecular formula is C29H43N5O10. The number of carbonyl (C=O) groups excluding carboxylic acids is 6. The first kappa shape index (κ1) is 37.7. The first-order chi connectivity index (χ1) is 20.5. The minimum Gasteiger partial charge on any atom is -0.481 e. The van der Waals surface area contributed by atoms with Gasteiger partial charge in [-0.1, -0.05) is 51.1 Å². The lowest BCUT2D eigenvalue weighted by Crippen LogP contribution is -2.60. The average Bonchev–Trinajstić information content (AvgIpc) is 2.94. The van der Waals surface area contributed by atoms with Crippen LogP contribution in [-0.4, -0.2) is 100 Å². The van der Waals surface area contributed by atoms with E-state index in [0.29, 0.717) is 11.8 Å². The Labute approximate surface area is 255 Å². The lowest BCUT2D eigenvalue weighted by Gasteiger charge is -2.26. The zero-order valence-electron chi connectivity index (χ0n) is 25.5. The van der Waals surface area contributed by atoms with Crippen LogP contribution in [0.15, 0.2) is 30.3 Å². The Morgan fingerprint density at radius 3 is 1.93 bits per heavy atom. The third-order valence-electron chi connectivity index (χ3n) is 6.35. The van der Waals surface area contributed by atoms with Crippen molar-refractivity contribution in [3.05, 3.63) is 35.9 Å². The van der Waals surface area contributed by atoms with Crippen molar-refractivity contribution in [2.45, 2.75) is 90.3 Å². The van der Waals surface area contributed by atoms with Crippen molar-refractivity contribution < 1.29 is 48.9 Å². The Hall–Kier alpha value is -4.37. The van der Waals surface area contributed by atoms with Gasteiger partial charge >= 0.3 is 5.97 Å². The molecule has 0 fully saturated rings. The number of carboxylic acid groups (broad SMARTS) is 1. The Morgan fingerprint density at radius 1 is 0.818 bits per heavy atom. The highest BCUT2D eigenvalue weighted by Crippen LogP contribution is 2.14. The van der Waals surface area contributed by atoms with Gasteiger partial charge in [-0.2, -0.15) is 0 Å². The number of hydrogen-bond acceptors (Lipinski definition) is 9. The molecule has 5 amide bonds. The highest BCUT2D eigenvalue weighted by Gasteiger charge is 2.32. The summed E-state index contributed by atoms with van der Waals surface area (Å²) in [6.07, 6.45) is -3.02. The molecule has 0 aliphatic rings. The maximum atomic E-state index is 13.1. The Morgan fingerprint density at radius 2 is 1.43 bits per heavy atom. The minimum absolute atomic E-state index is 0.0294. The molecule has 0 saturated heterocycles. The van der Waals surface area contributed by atoms with Crippen LogP contribution in [0.25, 0.3) is 0 Å². The molecule has 244 valence electrons. The van der Waals surface area contributed by atoms with Gasteiger partial charge in [0.15, 0.2) is 0 Å². The SMILES string of the molecule is C[C@@H](O)[C@H](NC(=O)CNC(=O)C(CCC(=O)O)NC(=O)C(C)(C)C)C(=O)N[C@@H](Cc1ccccc1)C(=O)N[C@H](C=O)[C@@H](C)O. The molecule has 1 unspecified atom stereocenters. The Balaban J connectivity index is 2.99. The second kappa shape index (κ2) is 17.7. The molecule has 0 saturated carbocycles. The zero-order chi connectivity index (χ0) is 33.6. The van der Waals surface area contributed by atoms with Crippen LogP contribution in [0, 0.1) is 5.41 Å². The van der Waals surface area contributed by atoms with Crippen molar-refractivity contribution >= 4 is 41.8 Å². The van der Waals surface area contributed by atoms with Gasteiger partial charge in [0.1, 0.15) is 30.5 Å². The maximum absolute atomic E-state index is 13.1. The summed E-state index contributed by atoms with van der Waals surface area (Å²) in [6, 6.07) is 3.21. The first-order valence-electron chi connectivity index (χ1n) is 14.0. The zero-order valence-corrected chi connectivity index (χ0v) is 25.5. The van der Waals surface area contributed by atoms with Crippen LogP contribution in [0.3, 0.4) is 0 Å². The third-order valence-corrected chi connectivity index (χ3v) is 6.35. The van der Waals surface area contributed by atoms with Crippen LogP contribution in [0.2, 0.25) is 0 Å². The predicted octanol–water partition coefficient (Wildman–Crippen LogP) is -1.84. The molecule has 6 atom stereocenters. The molecule has 15 nitrogen and oxygen atoms in total. The van der Waals surface area contributed by atoms with E-state index in [1.807, 2.05) is 0 Å². The number of benzene rings is 1. The van der Waals surface area contributed by atoms with Crippen LogP contribution in [0.5, 0.6) is 0 Å². The number of nitrogens with one attached hydrogen (secondary N) is 5. The summed E-state index contributed by atoms with van der Waals surface area (Å²) in [4.78, 5) is 86.2. The summed E-state index contributed by atoms with van der Waals surface area (Å²) in [5, 5.41) is 40.8. The number of carboxylic acids is 1. The molecule has 1 aromatic carbocycles. The predicted molar refractivity (Wildman–Crippen MR) is 157 cm³/mol. The van der Waals surface area contributed by atoms with Crippen LogP contribution >= 0.6 is 0 Å². The topological polar surface area (TPSA) is 240 Å². The van der Waals surface area contributed by atoms with Gasteiger partial charge in [-0.25, -0.2) is 0 Å². The summed E-state index contributed by atoms with van der Waals surface area (Å²) >= 11 is 0. The van der Waals surface area contributed by atoms with Crippen molar-refractivity contribution in [3.8, 4) is 0 Å². The van der Waals surface area contributed by atoms with Crippen molar-refractivity contribution in [1.29, 1.82) is 0 Å². The summed E-state index contributed by atoms with van der Waals surface area (Å²) in [6.45, 7) is 6.64. The van der Waals surface area contributed by atoms with Gasteiger partial charge in [-0.15, -0.1) is 0 Å². The van der Waals surface area contributed by atoms with E-state index in [9.17, 15) is 43.8 Å². The molecular weight excluding hydrogens is 578 g/mol. The third kappa shape index (κ3) is 13.3.